The van der Waals surface area contributed by atoms with Crippen LogP contribution in [0.4, 0.5) is 4.79 Å². The number of rotatable bonds is 5. The molecule has 6 heteroatoms. The highest BCUT2D eigenvalue weighted by molar-refractivity contribution is 5.94. The maximum absolute atomic E-state index is 11.2. The zero-order valence-corrected chi connectivity index (χ0v) is 9.41. The quantitative estimate of drug-likeness (QED) is 0.560. The largest absolute Gasteiger partial charge is 0.395 e. The first-order valence-corrected chi connectivity index (χ1v) is 4.84. The molecule has 0 bridgehead atoms. The van der Waals surface area contributed by atoms with Gasteiger partial charge in [-0.3, -0.25) is 10.1 Å². The summed E-state index contributed by atoms with van der Waals surface area (Å²) in [4.78, 5) is 23.8. The summed E-state index contributed by atoms with van der Waals surface area (Å²) in [5.41, 5.74) is 0. The van der Waals surface area contributed by atoms with Crippen LogP contribution in [0.15, 0.2) is 0 Å². The molecular formula is C9H19N3O3. The standard InChI is InChI=1S/C9H19N3O3/c1-7(6-13)12(3)5-4-8(14)11-9(15)10-2/h7,13H,4-6H2,1-3H3,(H2,10,11,14,15). The van der Waals surface area contributed by atoms with Gasteiger partial charge in [0.2, 0.25) is 5.91 Å². The molecule has 88 valence electrons. The van der Waals surface area contributed by atoms with Crippen LogP contribution in [0.2, 0.25) is 0 Å². The van der Waals surface area contributed by atoms with E-state index < -0.39 is 6.03 Å². The molecule has 0 fully saturated rings. The van der Waals surface area contributed by atoms with E-state index in [9.17, 15) is 9.59 Å². The Labute approximate surface area is 89.6 Å². The van der Waals surface area contributed by atoms with Crippen LogP contribution in [-0.4, -0.2) is 55.2 Å². The monoisotopic (exact) mass is 217 g/mol. The number of amides is 3. The molecule has 1 unspecified atom stereocenters. The van der Waals surface area contributed by atoms with Gasteiger partial charge in [-0.2, -0.15) is 0 Å². The van der Waals surface area contributed by atoms with Gasteiger partial charge in [-0.1, -0.05) is 0 Å². The van der Waals surface area contributed by atoms with Gasteiger partial charge in [0, 0.05) is 26.1 Å². The van der Waals surface area contributed by atoms with Crippen LogP contribution in [0.5, 0.6) is 0 Å². The van der Waals surface area contributed by atoms with Gasteiger partial charge in [0.05, 0.1) is 6.61 Å². The van der Waals surface area contributed by atoms with Crippen molar-refractivity contribution >= 4 is 11.9 Å². The molecular weight excluding hydrogens is 198 g/mol. The van der Waals surface area contributed by atoms with Gasteiger partial charge >= 0.3 is 6.03 Å². The van der Waals surface area contributed by atoms with Crippen LogP contribution >= 0.6 is 0 Å². The van der Waals surface area contributed by atoms with Crippen molar-refractivity contribution in [2.24, 2.45) is 0 Å². The van der Waals surface area contributed by atoms with E-state index in [1.165, 1.54) is 7.05 Å². The number of hydrogen-bond acceptors (Lipinski definition) is 4. The summed E-state index contributed by atoms with van der Waals surface area (Å²) in [5.74, 6) is -0.327. The first-order valence-electron chi connectivity index (χ1n) is 4.84. The number of hydrogen-bond donors (Lipinski definition) is 3. The highest BCUT2D eigenvalue weighted by Gasteiger charge is 2.10. The van der Waals surface area contributed by atoms with Gasteiger partial charge in [-0.25, -0.2) is 4.79 Å². The number of carbonyl (C=O) groups excluding carboxylic acids is 2. The summed E-state index contributed by atoms with van der Waals surface area (Å²) in [7, 11) is 3.26. The lowest BCUT2D eigenvalue weighted by atomic mass is 10.3. The fourth-order valence-corrected chi connectivity index (χ4v) is 0.889. The molecule has 0 spiro atoms. The van der Waals surface area contributed by atoms with Crippen LogP contribution in [0, 0.1) is 0 Å². The third kappa shape index (κ3) is 6.03. The Morgan fingerprint density at radius 3 is 2.53 bits per heavy atom. The lowest BCUT2D eigenvalue weighted by Gasteiger charge is -2.22. The number of nitrogens with one attached hydrogen (secondary N) is 2. The lowest BCUT2D eigenvalue weighted by molar-refractivity contribution is -0.120. The molecule has 0 radical (unpaired) electrons. The number of nitrogens with zero attached hydrogens (tertiary/aromatic N) is 1. The van der Waals surface area contributed by atoms with Gasteiger partial charge in [0.15, 0.2) is 0 Å². The van der Waals surface area contributed by atoms with E-state index in [0.717, 1.165) is 0 Å². The topological polar surface area (TPSA) is 81.7 Å². The highest BCUT2D eigenvalue weighted by Crippen LogP contribution is 1.95. The third-order valence-electron chi connectivity index (χ3n) is 2.19. The SMILES string of the molecule is CNC(=O)NC(=O)CCN(C)C(C)CO. The number of imide groups is 1. The molecule has 0 heterocycles. The first-order chi connectivity index (χ1) is 7.01. The van der Waals surface area contributed by atoms with Crippen molar-refractivity contribution in [1.29, 1.82) is 0 Å². The number of likely N-dealkylation sites (N-methyl/N-ethyl adjacent to an activating group) is 1. The number of carbonyl (C=O) groups is 2. The summed E-state index contributed by atoms with van der Waals surface area (Å²) in [6, 6.07) is -0.490. The number of aliphatic hydroxyl groups excluding tert-OH is 1. The summed E-state index contributed by atoms with van der Waals surface area (Å²) in [6.07, 6.45) is 0.230. The van der Waals surface area contributed by atoms with Gasteiger partial charge < -0.3 is 15.3 Å². The van der Waals surface area contributed by atoms with E-state index in [4.69, 9.17) is 5.11 Å². The molecule has 0 aromatic rings. The average Bonchev–Trinajstić information content (AvgIpc) is 2.24. The van der Waals surface area contributed by atoms with Crippen molar-refractivity contribution in [3.8, 4) is 0 Å². The van der Waals surface area contributed by atoms with Gasteiger partial charge in [-0.15, -0.1) is 0 Å². The lowest BCUT2D eigenvalue weighted by Crippen LogP contribution is -2.40. The molecule has 0 rings (SSSR count). The predicted molar refractivity (Wildman–Crippen MR) is 56.4 cm³/mol. The molecule has 1 atom stereocenters. The van der Waals surface area contributed by atoms with E-state index in [1.54, 1.807) is 0 Å². The predicted octanol–water partition coefficient (Wildman–Crippen LogP) is -0.855. The van der Waals surface area contributed by atoms with Crippen molar-refractivity contribution in [3.05, 3.63) is 0 Å². The van der Waals surface area contributed by atoms with Crippen molar-refractivity contribution < 1.29 is 14.7 Å². The number of aliphatic hydroxyl groups is 1. The van der Waals surface area contributed by atoms with Gasteiger partial charge in [0.25, 0.3) is 0 Å². The Morgan fingerprint density at radius 1 is 1.47 bits per heavy atom. The molecule has 0 aliphatic carbocycles. The molecule has 3 N–H and O–H groups in total. The second-order valence-electron chi connectivity index (χ2n) is 3.39. The molecule has 0 saturated heterocycles. The van der Waals surface area contributed by atoms with E-state index in [-0.39, 0.29) is 25.0 Å². The number of urea groups is 1. The molecule has 3 amide bonds. The minimum atomic E-state index is -0.502. The smallest absolute Gasteiger partial charge is 0.321 e. The fraction of sp³-hybridized carbons (Fsp3) is 0.778. The van der Waals surface area contributed by atoms with Crippen molar-refractivity contribution in [1.82, 2.24) is 15.5 Å². The van der Waals surface area contributed by atoms with Crippen molar-refractivity contribution in [3.63, 3.8) is 0 Å². The minimum Gasteiger partial charge on any atom is -0.395 e. The molecule has 0 aromatic carbocycles. The van der Waals surface area contributed by atoms with E-state index in [0.29, 0.717) is 6.54 Å². The minimum absolute atomic E-state index is 0.0119. The Hall–Kier alpha value is -1.14. The van der Waals surface area contributed by atoms with Crippen molar-refractivity contribution in [2.45, 2.75) is 19.4 Å². The maximum atomic E-state index is 11.2. The van der Waals surface area contributed by atoms with Crippen LogP contribution in [0.3, 0.4) is 0 Å². The van der Waals surface area contributed by atoms with Crippen LogP contribution in [0.1, 0.15) is 13.3 Å². The Kier molecular flexibility index (Phi) is 6.64. The molecule has 15 heavy (non-hydrogen) atoms. The van der Waals surface area contributed by atoms with E-state index in [2.05, 4.69) is 10.6 Å². The molecule has 6 nitrogen and oxygen atoms in total. The molecule has 0 aliphatic heterocycles. The maximum Gasteiger partial charge on any atom is 0.321 e. The fourth-order valence-electron chi connectivity index (χ4n) is 0.889. The zero-order chi connectivity index (χ0) is 11.8. The zero-order valence-electron chi connectivity index (χ0n) is 9.41. The summed E-state index contributed by atoms with van der Waals surface area (Å²) in [5, 5.41) is 13.3. The van der Waals surface area contributed by atoms with Crippen molar-refractivity contribution in [2.75, 3.05) is 27.2 Å². The van der Waals surface area contributed by atoms with Gasteiger partial charge in [0.1, 0.15) is 0 Å². The van der Waals surface area contributed by atoms with Crippen LogP contribution in [-0.2, 0) is 4.79 Å². The summed E-state index contributed by atoms with van der Waals surface area (Å²) in [6.45, 7) is 2.41. The summed E-state index contributed by atoms with van der Waals surface area (Å²) >= 11 is 0. The Balaban J connectivity index is 3.75. The first kappa shape index (κ1) is 13.9. The Bertz CT molecular complexity index is 221. The molecule has 0 aliphatic rings. The highest BCUT2D eigenvalue weighted by atomic mass is 16.3. The normalized spacial score (nSPS) is 12.3. The summed E-state index contributed by atoms with van der Waals surface area (Å²) < 4.78 is 0. The second kappa shape index (κ2) is 7.19. The molecule has 0 saturated carbocycles. The third-order valence-corrected chi connectivity index (χ3v) is 2.19. The Morgan fingerprint density at radius 2 is 2.07 bits per heavy atom. The van der Waals surface area contributed by atoms with E-state index in [1.807, 2.05) is 18.9 Å². The molecule has 0 aromatic heterocycles. The van der Waals surface area contributed by atoms with E-state index >= 15 is 0 Å². The van der Waals surface area contributed by atoms with Crippen LogP contribution in [0.25, 0.3) is 0 Å². The van der Waals surface area contributed by atoms with Crippen LogP contribution < -0.4 is 10.6 Å². The second-order valence-corrected chi connectivity index (χ2v) is 3.39. The average molecular weight is 217 g/mol. The van der Waals surface area contributed by atoms with Gasteiger partial charge in [-0.05, 0) is 14.0 Å².